The molecule has 0 bridgehead atoms. The number of ether oxygens (including phenoxy) is 2. The Morgan fingerprint density at radius 2 is 1.91 bits per heavy atom. The Hall–Kier alpha value is -3.08. The van der Waals surface area contributed by atoms with E-state index in [1.165, 1.54) is 0 Å². The first-order chi connectivity index (χ1) is 11.1. The van der Waals surface area contributed by atoms with E-state index < -0.39 is 12.6 Å². The van der Waals surface area contributed by atoms with Gasteiger partial charge in [0.25, 0.3) is 0 Å². The predicted molar refractivity (Wildman–Crippen MR) is 81.2 cm³/mol. The smallest absolute Gasteiger partial charge is 0.196 e. The summed E-state index contributed by atoms with van der Waals surface area (Å²) in [5.41, 5.74) is 1.92. The van der Waals surface area contributed by atoms with Crippen LogP contribution in [0.3, 0.4) is 0 Å². The highest BCUT2D eigenvalue weighted by Crippen LogP contribution is 2.27. The molecule has 0 aromatic heterocycles. The molecule has 0 atom stereocenters. The van der Waals surface area contributed by atoms with Crippen LogP contribution in [-0.4, -0.2) is 25.0 Å². The number of carbonyl (C=O) groups excluding carboxylic acids is 2. The zero-order valence-electron chi connectivity index (χ0n) is 12.2. The minimum absolute atomic E-state index is 0.0517. The van der Waals surface area contributed by atoms with Gasteiger partial charge in [-0.3, -0.25) is 4.79 Å². The lowest BCUT2D eigenvalue weighted by molar-refractivity contribution is -0.307. The van der Waals surface area contributed by atoms with Gasteiger partial charge in [-0.15, -0.1) is 0 Å². The van der Waals surface area contributed by atoms with Crippen LogP contribution in [-0.2, 0) is 4.79 Å². The summed E-state index contributed by atoms with van der Waals surface area (Å²) in [6.07, 6.45) is 1.75. The Morgan fingerprint density at radius 1 is 1.17 bits per heavy atom. The van der Waals surface area contributed by atoms with E-state index in [9.17, 15) is 14.7 Å². The summed E-state index contributed by atoms with van der Waals surface area (Å²) in [5.74, 6) is -0.308. The number of carboxylic acids is 1. The van der Waals surface area contributed by atoms with Gasteiger partial charge in [-0.1, -0.05) is 24.3 Å². The summed E-state index contributed by atoms with van der Waals surface area (Å²) < 4.78 is 10.6. The fourth-order valence-electron chi connectivity index (χ4n) is 2.29. The van der Waals surface area contributed by atoms with Crippen molar-refractivity contribution in [1.29, 1.82) is 0 Å². The molecule has 2 aromatic rings. The van der Waals surface area contributed by atoms with Gasteiger partial charge in [0.15, 0.2) is 5.78 Å². The summed E-state index contributed by atoms with van der Waals surface area (Å²) in [5, 5.41) is 10.3. The van der Waals surface area contributed by atoms with Gasteiger partial charge in [0.05, 0.1) is 11.5 Å². The number of aliphatic carboxylic acids is 1. The molecule has 23 heavy (non-hydrogen) atoms. The van der Waals surface area contributed by atoms with Gasteiger partial charge < -0.3 is 19.4 Å². The number of Topliss-reactive ketones (excluding diaryl/α,β-unsaturated/α-hetero) is 1. The van der Waals surface area contributed by atoms with Crippen LogP contribution in [0.25, 0.3) is 6.08 Å². The number of carbonyl (C=O) groups is 2. The van der Waals surface area contributed by atoms with Crippen LogP contribution in [0.4, 0.5) is 0 Å². The summed E-state index contributed by atoms with van der Waals surface area (Å²) in [4.78, 5) is 22.8. The molecule has 5 heteroatoms. The first kappa shape index (κ1) is 14.8. The molecular formula is C18H13O5-. The normalized spacial score (nSPS) is 15.0. The molecule has 0 fully saturated rings. The second-order valence-corrected chi connectivity index (χ2v) is 5.01. The molecule has 1 aliphatic heterocycles. The summed E-state index contributed by atoms with van der Waals surface area (Å²) in [6.45, 7) is -0.275. The van der Waals surface area contributed by atoms with Crippen LogP contribution in [0, 0.1) is 0 Å². The van der Waals surface area contributed by atoms with Gasteiger partial charge in [-0.05, 0) is 35.9 Å². The largest absolute Gasteiger partial charge is 0.546 e. The van der Waals surface area contributed by atoms with Crippen LogP contribution in [0.2, 0.25) is 0 Å². The number of rotatable bonds is 4. The van der Waals surface area contributed by atoms with Gasteiger partial charge >= 0.3 is 0 Å². The molecule has 0 saturated heterocycles. The Morgan fingerprint density at radius 3 is 2.65 bits per heavy atom. The van der Waals surface area contributed by atoms with E-state index in [0.717, 1.165) is 5.56 Å². The quantitative estimate of drug-likeness (QED) is 0.800. The third kappa shape index (κ3) is 3.40. The summed E-state index contributed by atoms with van der Waals surface area (Å²) in [7, 11) is 0. The average molecular weight is 309 g/mol. The first-order valence-corrected chi connectivity index (χ1v) is 7.03. The van der Waals surface area contributed by atoms with Crippen molar-refractivity contribution in [3.05, 3.63) is 65.2 Å². The zero-order chi connectivity index (χ0) is 16.2. The first-order valence-electron chi connectivity index (χ1n) is 7.03. The highest BCUT2D eigenvalue weighted by atomic mass is 16.5. The van der Waals surface area contributed by atoms with Gasteiger partial charge in [0.2, 0.25) is 0 Å². The van der Waals surface area contributed by atoms with E-state index in [4.69, 9.17) is 9.47 Å². The monoisotopic (exact) mass is 309 g/mol. The van der Waals surface area contributed by atoms with E-state index in [0.29, 0.717) is 22.6 Å². The van der Waals surface area contributed by atoms with E-state index in [-0.39, 0.29) is 12.4 Å². The minimum Gasteiger partial charge on any atom is -0.546 e. The van der Waals surface area contributed by atoms with Crippen molar-refractivity contribution >= 4 is 17.8 Å². The Labute approximate surface area is 132 Å². The lowest BCUT2D eigenvalue weighted by Gasteiger charge is -2.18. The molecule has 0 aliphatic carbocycles. The fraction of sp³-hybridized carbons (Fsp3) is 0.111. The number of carboxylic acid groups (broad SMARTS) is 1. The molecule has 2 aromatic carbocycles. The molecule has 1 aliphatic rings. The third-order valence-electron chi connectivity index (χ3n) is 3.38. The molecule has 1 heterocycles. The van der Waals surface area contributed by atoms with Gasteiger partial charge in [0, 0.05) is 5.57 Å². The molecule has 5 nitrogen and oxygen atoms in total. The van der Waals surface area contributed by atoms with Crippen molar-refractivity contribution < 1.29 is 24.2 Å². The standard InChI is InChI=1S/C18H14O5/c19-17(20)11-22-14-7-5-12(6-8-14)9-13-10-23-16-4-2-1-3-15(16)18(13)21/h1-9H,10-11H2,(H,19,20)/p-1/b13-9+. The van der Waals surface area contributed by atoms with Gasteiger partial charge in [-0.2, -0.15) is 0 Å². The number of hydrogen-bond donors (Lipinski definition) is 0. The van der Waals surface area contributed by atoms with Crippen molar-refractivity contribution in [2.45, 2.75) is 0 Å². The number of hydrogen-bond acceptors (Lipinski definition) is 5. The Bertz CT molecular complexity index is 774. The van der Waals surface area contributed by atoms with Crippen LogP contribution in [0.5, 0.6) is 11.5 Å². The number of para-hydroxylation sites is 1. The minimum atomic E-state index is -1.28. The summed E-state index contributed by atoms with van der Waals surface area (Å²) >= 11 is 0. The van der Waals surface area contributed by atoms with Gasteiger partial charge in [-0.25, -0.2) is 0 Å². The van der Waals surface area contributed by atoms with E-state index in [2.05, 4.69) is 0 Å². The molecular weight excluding hydrogens is 296 g/mol. The van der Waals surface area contributed by atoms with Crippen LogP contribution in [0.1, 0.15) is 15.9 Å². The maximum absolute atomic E-state index is 12.4. The second-order valence-electron chi connectivity index (χ2n) is 5.01. The maximum Gasteiger partial charge on any atom is 0.196 e. The van der Waals surface area contributed by atoms with Crippen molar-refractivity contribution in [3.63, 3.8) is 0 Å². The van der Waals surface area contributed by atoms with Crippen molar-refractivity contribution in [2.24, 2.45) is 0 Å². The van der Waals surface area contributed by atoms with Crippen molar-refractivity contribution in [2.75, 3.05) is 13.2 Å². The zero-order valence-corrected chi connectivity index (χ0v) is 12.2. The van der Waals surface area contributed by atoms with Crippen LogP contribution < -0.4 is 14.6 Å². The molecule has 0 saturated carbocycles. The molecule has 0 radical (unpaired) electrons. The Kier molecular flexibility index (Phi) is 4.10. The number of ketones is 1. The fourth-order valence-corrected chi connectivity index (χ4v) is 2.29. The molecule has 3 rings (SSSR count). The molecule has 0 N–H and O–H groups in total. The third-order valence-corrected chi connectivity index (χ3v) is 3.38. The van der Waals surface area contributed by atoms with Crippen molar-refractivity contribution in [1.82, 2.24) is 0 Å². The Balaban J connectivity index is 1.77. The molecule has 0 amide bonds. The molecule has 0 spiro atoms. The number of fused-ring (bicyclic) bond motifs is 1. The SMILES string of the molecule is O=C([O-])COc1ccc(/C=C2\COc3ccccc3C2=O)cc1. The van der Waals surface area contributed by atoms with Crippen LogP contribution in [0.15, 0.2) is 54.1 Å². The topological polar surface area (TPSA) is 75.7 Å². The summed E-state index contributed by atoms with van der Waals surface area (Å²) in [6, 6.07) is 13.9. The van der Waals surface area contributed by atoms with Crippen molar-refractivity contribution in [3.8, 4) is 11.5 Å². The highest BCUT2D eigenvalue weighted by Gasteiger charge is 2.22. The van der Waals surface area contributed by atoms with E-state index >= 15 is 0 Å². The van der Waals surface area contributed by atoms with E-state index in [1.807, 2.05) is 6.07 Å². The lowest BCUT2D eigenvalue weighted by Crippen LogP contribution is -2.28. The lowest BCUT2D eigenvalue weighted by atomic mass is 9.98. The number of benzene rings is 2. The second kappa shape index (κ2) is 6.36. The average Bonchev–Trinajstić information content (AvgIpc) is 2.57. The molecule has 0 unspecified atom stereocenters. The molecule has 116 valence electrons. The highest BCUT2D eigenvalue weighted by molar-refractivity contribution is 6.14. The van der Waals surface area contributed by atoms with Crippen LogP contribution >= 0.6 is 0 Å². The predicted octanol–water partition coefficient (Wildman–Crippen LogP) is 1.47. The maximum atomic E-state index is 12.4. The van der Waals surface area contributed by atoms with E-state index in [1.54, 1.807) is 48.5 Å². The van der Waals surface area contributed by atoms with Gasteiger partial charge in [0.1, 0.15) is 24.7 Å².